The first-order valence-corrected chi connectivity index (χ1v) is 7.10. The van der Waals surface area contributed by atoms with E-state index in [-0.39, 0.29) is 17.0 Å². The Morgan fingerprint density at radius 1 is 1.50 bits per heavy atom. The Bertz CT molecular complexity index is 737. The predicted octanol–water partition coefficient (Wildman–Crippen LogP) is 3.23. The number of allylic oxidation sites excluding steroid dienone is 1. The number of aryl methyl sites for hydroxylation is 2. The van der Waals surface area contributed by atoms with Crippen LogP contribution in [0.5, 0.6) is 0 Å². The summed E-state index contributed by atoms with van der Waals surface area (Å²) in [5.74, 6) is 0.157. The van der Waals surface area contributed by atoms with E-state index in [9.17, 15) is 14.9 Å². The molecule has 0 bridgehead atoms. The van der Waals surface area contributed by atoms with Crippen molar-refractivity contribution in [2.24, 2.45) is 0 Å². The molecule has 0 radical (unpaired) electrons. The lowest BCUT2D eigenvalue weighted by molar-refractivity contribution is -0.385. The second-order valence-corrected chi connectivity index (χ2v) is 5.06. The van der Waals surface area contributed by atoms with E-state index in [1.165, 1.54) is 12.1 Å². The van der Waals surface area contributed by atoms with E-state index < -0.39 is 4.92 Å². The smallest absolute Gasteiger partial charge is 0.273 e. The van der Waals surface area contributed by atoms with Gasteiger partial charge in [0.15, 0.2) is 5.78 Å². The summed E-state index contributed by atoms with van der Waals surface area (Å²) in [7, 11) is 0. The molecule has 0 aliphatic heterocycles. The molecule has 1 aromatic carbocycles. The number of carbonyl (C=O) groups is 1. The highest BCUT2D eigenvalue weighted by atomic mass is 35.5. The topological polar surface area (TPSA) is 78.0 Å². The van der Waals surface area contributed by atoms with Gasteiger partial charge in [0.1, 0.15) is 0 Å². The highest BCUT2D eigenvalue weighted by Gasteiger charge is 2.13. The fourth-order valence-corrected chi connectivity index (χ4v) is 2.08. The van der Waals surface area contributed by atoms with Crippen molar-refractivity contribution in [1.29, 1.82) is 0 Å². The standard InChI is InChI=1S/C15H14ClN3O3/c1-11-2-4-13(8-14(11)19(21)22)15(20)5-3-12-9-17-18(10-12)7-6-16/h2-5,8-10H,6-7H2,1H3. The summed E-state index contributed by atoms with van der Waals surface area (Å²) in [5, 5.41) is 15.0. The Morgan fingerprint density at radius 3 is 2.95 bits per heavy atom. The molecule has 2 aromatic rings. The van der Waals surface area contributed by atoms with E-state index in [0.717, 1.165) is 5.56 Å². The van der Waals surface area contributed by atoms with Gasteiger partial charge in [0.25, 0.3) is 5.69 Å². The molecule has 0 atom stereocenters. The number of alkyl halides is 1. The highest BCUT2D eigenvalue weighted by Crippen LogP contribution is 2.20. The van der Waals surface area contributed by atoms with E-state index in [4.69, 9.17) is 11.6 Å². The van der Waals surface area contributed by atoms with Crippen LogP contribution in [-0.2, 0) is 6.54 Å². The normalized spacial score (nSPS) is 11.0. The molecule has 7 heteroatoms. The Morgan fingerprint density at radius 2 is 2.27 bits per heavy atom. The number of hydrogen-bond acceptors (Lipinski definition) is 4. The molecular weight excluding hydrogens is 306 g/mol. The van der Waals surface area contributed by atoms with Gasteiger partial charge in [0.2, 0.25) is 0 Å². The summed E-state index contributed by atoms with van der Waals surface area (Å²) < 4.78 is 1.67. The Kier molecular flexibility index (Phi) is 5.06. The summed E-state index contributed by atoms with van der Waals surface area (Å²) in [5.41, 5.74) is 1.50. The zero-order valence-corrected chi connectivity index (χ0v) is 12.7. The van der Waals surface area contributed by atoms with Crippen molar-refractivity contribution in [2.75, 3.05) is 5.88 Å². The molecule has 0 spiro atoms. The maximum absolute atomic E-state index is 12.1. The molecule has 0 unspecified atom stereocenters. The van der Waals surface area contributed by atoms with Gasteiger partial charge >= 0.3 is 0 Å². The zero-order chi connectivity index (χ0) is 16.1. The molecular formula is C15H14ClN3O3. The summed E-state index contributed by atoms with van der Waals surface area (Å²) in [4.78, 5) is 22.5. The largest absolute Gasteiger partial charge is 0.289 e. The fourth-order valence-electron chi connectivity index (χ4n) is 1.90. The van der Waals surface area contributed by atoms with Crippen LogP contribution in [0.4, 0.5) is 5.69 Å². The minimum absolute atomic E-state index is 0.0609. The molecule has 0 saturated heterocycles. The van der Waals surface area contributed by atoms with Crippen LogP contribution in [0.25, 0.3) is 6.08 Å². The summed E-state index contributed by atoms with van der Waals surface area (Å²) >= 11 is 5.62. The van der Waals surface area contributed by atoms with Crippen molar-refractivity contribution in [3.63, 3.8) is 0 Å². The molecule has 1 heterocycles. The van der Waals surface area contributed by atoms with Crippen molar-refractivity contribution in [3.05, 3.63) is 63.5 Å². The molecule has 0 aliphatic rings. The van der Waals surface area contributed by atoms with Gasteiger partial charge in [-0.3, -0.25) is 19.6 Å². The minimum Gasteiger partial charge on any atom is -0.289 e. The van der Waals surface area contributed by atoms with Crippen molar-refractivity contribution in [2.45, 2.75) is 13.5 Å². The van der Waals surface area contributed by atoms with Gasteiger partial charge in [0, 0.05) is 34.8 Å². The molecule has 0 N–H and O–H groups in total. The molecule has 0 amide bonds. The number of ketones is 1. The van der Waals surface area contributed by atoms with Gasteiger partial charge in [-0.05, 0) is 19.1 Å². The van der Waals surface area contributed by atoms with Crippen LogP contribution in [0.2, 0.25) is 0 Å². The molecule has 0 fully saturated rings. The number of halogens is 1. The maximum atomic E-state index is 12.1. The number of benzene rings is 1. The second-order valence-electron chi connectivity index (χ2n) is 4.68. The molecule has 0 saturated carbocycles. The number of aromatic nitrogens is 2. The highest BCUT2D eigenvalue weighted by molar-refractivity contribution is 6.17. The monoisotopic (exact) mass is 319 g/mol. The average Bonchev–Trinajstić information content (AvgIpc) is 2.93. The lowest BCUT2D eigenvalue weighted by Gasteiger charge is -1.99. The SMILES string of the molecule is Cc1ccc(C(=O)C=Cc2cnn(CCCl)c2)cc1[N+](=O)[O-]. The van der Waals surface area contributed by atoms with Crippen molar-refractivity contribution >= 4 is 29.1 Å². The first-order chi connectivity index (χ1) is 10.5. The Balaban J connectivity index is 2.16. The molecule has 6 nitrogen and oxygen atoms in total. The van der Waals surface area contributed by atoms with E-state index in [1.54, 1.807) is 42.2 Å². The van der Waals surface area contributed by atoms with Gasteiger partial charge in [-0.1, -0.05) is 12.1 Å². The molecule has 0 aliphatic carbocycles. The number of carbonyl (C=O) groups excluding carboxylic acids is 1. The third kappa shape index (κ3) is 3.79. The molecule has 22 heavy (non-hydrogen) atoms. The second kappa shape index (κ2) is 7.00. The Hall–Kier alpha value is -2.47. The van der Waals surface area contributed by atoms with Crippen molar-refractivity contribution < 1.29 is 9.72 Å². The van der Waals surface area contributed by atoms with E-state index in [2.05, 4.69) is 5.10 Å². The summed E-state index contributed by atoms with van der Waals surface area (Å²) in [6.45, 7) is 2.22. The van der Waals surface area contributed by atoms with Crippen molar-refractivity contribution in [3.8, 4) is 0 Å². The third-order valence-corrected chi connectivity index (χ3v) is 3.25. The fraction of sp³-hybridized carbons (Fsp3) is 0.200. The van der Waals surface area contributed by atoms with Crippen LogP contribution in [0.3, 0.4) is 0 Å². The van der Waals surface area contributed by atoms with Gasteiger partial charge < -0.3 is 0 Å². The summed E-state index contributed by atoms with van der Waals surface area (Å²) in [6, 6.07) is 4.43. The zero-order valence-electron chi connectivity index (χ0n) is 11.9. The molecule has 1 aromatic heterocycles. The van der Waals surface area contributed by atoms with E-state index in [0.29, 0.717) is 18.0 Å². The number of hydrogen-bond donors (Lipinski definition) is 0. The van der Waals surface area contributed by atoms with Crippen LogP contribution in [0.1, 0.15) is 21.5 Å². The predicted molar refractivity (Wildman–Crippen MR) is 84.1 cm³/mol. The van der Waals surface area contributed by atoms with E-state index >= 15 is 0 Å². The number of nitrogens with zero attached hydrogens (tertiary/aromatic N) is 3. The van der Waals surface area contributed by atoms with Crippen LogP contribution in [0, 0.1) is 17.0 Å². The quantitative estimate of drug-likeness (QED) is 0.269. The van der Waals surface area contributed by atoms with Crippen LogP contribution in [0.15, 0.2) is 36.7 Å². The first kappa shape index (κ1) is 15.9. The van der Waals surface area contributed by atoms with Crippen LogP contribution in [-0.4, -0.2) is 26.4 Å². The maximum Gasteiger partial charge on any atom is 0.273 e. The van der Waals surface area contributed by atoms with Gasteiger partial charge in [-0.15, -0.1) is 11.6 Å². The van der Waals surface area contributed by atoms with Gasteiger partial charge in [0.05, 0.1) is 17.7 Å². The van der Waals surface area contributed by atoms with Crippen LogP contribution >= 0.6 is 11.6 Å². The number of nitro benzene ring substituents is 1. The van der Waals surface area contributed by atoms with E-state index in [1.807, 2.05) is 0 Å². The minimum atomic E-state index is -0.494. The van der Waals surface area contributed by atoms with Gasteiger partial charge in [-0.2, -0.15) is 5.10 Å². The van der Waals surface area contributed by atoms with Crippen LogP contribution < -0.4 is 0 Å². The first-order valence-electron chi connectivity index (χ1n) is 6.57. The lowest BCUT2D eigenvalue weighted by atomic mass is 10.1. The summed E-state index contributed by atoms with van der Waals surface area (Å²) in [6.07, 6.45) is 6.37. The Labute approximate surface area is 132 Å². The number of rotatable bonds is 6. The average molecular weight is 320 g/mol. The van der Waals surface area contributed by atoms with Gasteiger partial charge in [-0.25, -0.2) is 0 Å². The third-order valence-electron chi connectivity index (χ3n) is 3.08. The molecule has 2 rings (SSSR count). The number of nitro groups is 1. The lowest BCUT2D eigenvalue weighted by Crippen LogP contribution is -1.98. The van der Waals surface area contributed by atoms with Crippen molar-refractivity contribution in [1.82, 2.24) is 9.78 Å². The molecule has 114 valence electrons.